The van der Waals surface area contributed by atoms with E-state index in [2.05, 4.69) is 5.32 Å². The standard InChI is InChI=1S/C14H18N2O8/c1-7(18)15-11-13(20)12(19)10(6-17)24-14(11)23-9-5-3-2-4-8(9)16(21)22/h2-5,10-14,17,19-20H,6H2,1H3,(H,15,18)/t10-,11+,12+,13+,14-/m0/s1. The third-order valence-electron chi connectivity index (χ3n) is 3.56. The molecular formula is C14H18N2O8. The lowest BCUT2D eigenvalue weighted by atomic mass is 9.97. The third kappa shape index (κ3) is 3.79. The van der Waals surface area contributed by atoms with Crippen molar-refractivity contribution in [2.45, 2.75) is 37.6 Å². The maximum Gasteiger partial charge on any atom is 0.311 e. The summed E-state index contributed by atoms with van der Waals surface area (Å²) in [5.74, 6) is -0.656. The van der Waals surface area contributed by atoms with Crippen LogP contribution in [-0.4, -0.2) is 63.4 Å². The lowest BCUT2D eigenvalue weighted by molar-refractivity contribution is -0.386. The van der Waals surface area contributed by atoms with Crippen LogP contribution < -0.4 is 10.1 Å². The van der Waals surface area contributed by atoms with E-state index in [1.165, 1.54) is 31.2 Å². The summed E-state index contributed by atoms with van der Waals surface area (Å²) in [5.41, 5.74) is -0.330. The number of carbonyl (C=O) groups is 1. The summed E-state index contributed by atoms with van der Waals surface area (Å²) < 4.78 is 10.8. The van der Waals surface area contributed by atoms with Gasteiger partial charge in [-0.3, -0.25) is 14.9 Å². The van der Waals surface area contributed by atoms with Gasteiger partial charge in [-0.1, -0.05) is 12.1 Å². The number of rotatable bonds is 5. The van der Waals surface area contributed by atoms with Crippen molar-refractivity contribution in [3.8, 4) is 5.75 Å². The van der Waals surface area contributed by atoms with Crippen LogP contribution in [0.1, 0.15) is 6.92 Å². The molecule has 0 bridgehead atoms. The minimum atomic E-state index is -1.49. The Morgan fingerprint density at radius 1 is 1.38 bits per heavy atom. The Hall–Kier alpha value is -2.27. The first-order valence-electron chi connectivity index (χ1n) is 7.14. The highest BCUT2D eigenvalue weighted by molar-refractivity contribution is 5.73. The molecule has 1 amide bonds. The normalized spacial score (nSPS) is 29.8. The second-order valence-corrected chi connectivity index (χ2v) is 5.28. The van der Waals surface area contributed by atoms with Crippen molar-refractivity contribution in [3.05, 3.63) is 34.4 Å². The molecule has 1 aliphatic heterocycles. The summed E-state index contributed by atoms with van der Waals surface area (Å²) in [6.45, 7) is 0.584. The summed E-state index contributed by atoms with van der Waals surface area (Å²) in [6.07, 6.45) is -5.46. The average Bonchev–Trinajstić information content (AvgIpc) is 2.54. The molecule has 0 unspecified atom stereocenters. The fourth-order valence-corrected chi connectivity index (χ4v) is 2.40. The molecule has 1 aromatic rings. The maximum atomic E-state index is 11.3. The van der Waals surface area contributed by atoms with Crippen molar-refractivity contribution < 1.29 is 34.5 Å². The van der Waals surface area contributed by atoms with Crippen LogP contribution in [0.15, 0.2) is 24.3 Å². The molecule has 5 atom stereocenters. The Bertz CT molecular complexity index is 610. The molecule has 1 fully saturated rings. The highest BCUT2D eigenvalue weighted by Gasteiger charge is 2.46. The molecular weight excluding hydrogens is 324 g/mol. The minimum absolute atomic E-state index is 0.136. The van der Waals surface area contributed by atoms with Crippen molar-refractivity contribution >= 4 is 11.6 Å². The van der Waals surface area contributed by atoms with Gasteiger partial charge in [-0.15, -0.1) is 0 Å². The van der Waals surface area contributed by atoms with Crippen LogP contribution in [0.5, 0.6) is 5.75 Å². The van der Waals surface area contributed by atoms with Gasteiger partial charge in [0.1, 0.15) is 24.4 Å². The van der Waals surface area contributed by atoms with Gasteiger partial charge in [-0.2, -0.15) is 0 Å². The number of benzene rings is 1. The lowest BCUT2D eigenvalue weighted by Gasteiger charge is -2.41. The third-order valence-corrected chi connectivity index (χ3v) is 3.56. The quantitative estimate of drug-likeness (QED) is 0.389. The highest BCUT2D eigenvalue weighted by Crippen LogP contribution is 2.30. The molecule has 1 aliphatic rings. The number of para-hydroxylation sites is 2. The van der Waals surface area contributed by atoms with Gasteiger partial charge in [0.2, 0.25) is 12.2 Å². The van der Waals surface area contributed by atoms with Crippen LogP contribution in [0.2, 0.25) is 0 Å². The van der Waals surface area contributed by atoms with Gasteiger partial charge in [0.05, 0.1) is 11.5 Å². The zero-order valence-electron chi connectivity index (χ0n) is 12.7. The Kier molecular flexibility index (Phi) is 5.67. The number of hydrogen-bond donors (Lipinski definition) is 4. The molecule has 1 saturated heterocycles. The van der Waals surface area contributed by atoms with Crippen molar-refractivity contribution in [1.29, 1.82) is 0 Å². The van der Waals surface area contributed by atoms with Crippen molar-refractivity contribution in [2.75, 3.05) is 6.61 Å². The second kappa shape index (κ2) is 7.53. The number of aliphatic hydroxyl groups is 3. The van der Waals surface area contributed by atoms with E-state index in [-0.39, 0.29) is 11.4 Å². The maximum absolute atomic E-state index is 11.3. The van der Waals surface area contributed by atoms with Crippen LogP contribution in [-0.2, 0) is 9.53 Å². The molecule has 0 aliphatic carbocycles. The first-order chi connectivity index (χ1) is 11.3. The van der Waals surface area contributed by atoms with Crippen LogP contribution in [0.3, 0.4) is 0 Å². The molecule has 4 N–H and O–H groups in total. The van der Waals surface area contributed by atoms with Gasteiger partial charge in [0.15, 0.2) is 5.75 Å². The van der Waals surface area contributed by atoms with Crippen molar-refractivity contribution in [1.82, 2.24) is 5.32 Å². The summed E-state index contributed by atoms with van der Waals surface area (Å²) >= 11 is 0. The van der Waals surface area contributed by atoms with E-state index in [0.717, 1.165) is 0 Å². The number of aliphatic hydroxyl groups excluding tert-OH is 3. The number of nitro groups is 1. The first kappa shape index (κ1) is 18.1. The fourth-order valence-electron chi connectivity index (χ4n) is 2.40. The smallest absolute Gasteiger partial charge is 0.311 e. The monoisotopic (exact) mass is 342 g/mol. The number of carbonyl (C=O) groups excluding carboxylic acids is 1. The Morgan fingerprint density at radius 2 is 2.04 bits per heavy atom. The van der Waals surface area contributed by atoms with Gasteiger partial charge in [-0.25, -0.2) is 0 Å². The molecule has 0 spiro atoms. The number of ether oxygens (including phenoxy) is 2. The number of nitrogens with zero attached hydrogens (tertiary/aromatic N) is 1. The highest BCUT2D eigenvalue weighted by atomic mass is 16.7. The van der Waals surface area contributed by atoms with Crippen molar-refractivity contribution in [3.63, 3.8) is 0 Å². The van der Waals surface area contributed by atoms with Crippen LogP contribution >= 0.6 is 0 Å². The molecule has 2 rings (SSSR count). The molecule has 132 valence electrons. The molecule has 10 nitrogen and oxygen atoms in total. The SMILES string of the molecule is CC(=O)N[C@H]1[C@@H](Oc2ccccc2[N+](=O)[O-])O[C@@H](CO)[C@@H](O)[C@@H]1O. The van der Waals surface area contributed by atoms with Gasteiger partial charge in [0.25, 0.3) is 0 Å². The number of nitrogens with one attached hydrogen (secondary N) is 1. The number of nitro benzene ring substituents is 1. The number of amides is 1. The van der Waals surface area contributed by atoms with E-state index in [9.17, 15) is 30.2 Å². The fraction of sp³-hybridized carbons (Fsp3) is 0.500. The van der Waals surface area contributed by atoms with Gasteiger partial charge < -0.3 is 30.1 Å². The summed E-state index contributed by atoms with van der Waals surface area (Å²) in [5, 5.41) is 42.7. The van der Waals surface area contributed by atoms with E-state index >= 15 is 0 Å². The van der Waals surface area contributed by atoms with E-state index < -0.39 is 48.1 Å². The summed E-state index contributed by atoms with van der Waals surface area (Å²) in [4.78, 5) is 21.7. The predicted octanol–water partition coefficient (Wildman–Crippen LogP) is -1.08. The minimum Gasteiger partial charge on any atom is -0.455 e. The van der Waals surface area contributed by atoms with E-state index in [4.69, 9.17) is 9.47 Å². The van der Waals surface area contributed by atoms with Crippen LogP contribution in [0.25, 0.3) is 0 Å². The molecule has 24 heavy (non-hydrogen) atoms. The lowest BCUT2D eigenvalue weighted by Crippen LogP contribution is -2.65. The van der Waals surface area contributed by atoms with Gasteiger partial charge in [-0.05, 0) is 6.07 Å². The molecule has 10 heteroatoms. The molecule has 0 aromatic heterocycles. The van der Waals surface area contributed by atoms with Crippen molar-refractivity contribution in [2.24, 2.45) is 0 Å². The number of hydrogen-bond acceptors (Lipinski definition) is 8. The van der Waals surface area contributed by atoms with E-state index in [1.54, 1.807) is 0 Å². The first-order valence-corrected chi connectivity index (χ1v) is 7.14. The van der Waals surface area contributed by atoms with E-state index in [0.29, 0.717) is 0 Å². The Balaban J connectivity index is 2.30. The second-order valence-electron chi connectivity index (χ2n) is 5.28. The molecule has 1 heterocycles. The average molecular weight is 342 g/mol. The van der Waals surface area contributed by atoms with E-state index in [1.807, 2.05) is 0 Å². The van der Waals surface area contributed by atoms with Crippen LogP contribution in [0, 0.1) is 10.1 Å². The predicted molar refractivity (Wildman–Crippen MR) is 79.1 cm³/mol. The zero-order chi connectivity index (χ0) is 17.9. The summed E-state index contributed by atoms with van der Waals surface area (Å²) in [7, 11) is 0. The van der Waals surface area contributed by atoms with Gasteiger partial charge in [0, 0.05) is 13.0 Å². The zero-order valence-corrected chi connectivity index (χ0v) is 12.7. The molecule has 1 aromatic carbocycles. The Labute approximate surface area is 136 Å². The topological polar surface area (TPSA) is 151 Å². The summed E-state index contributed by atoms with van der Waals surface area (Å²) in [6, 6.07) is 4.33. The largest absolute Gasteiger partial charge is 0.455 e. The Morgan fingerprint density at radius 3 is 2.62 bits per heavy atom. The molecule has 0 saturated carbocycles. The van der Waals surface area contributed by atoms with Gasteiger partial charge >= 0.3 is 5.69 Å². The van der Waals surface area contributed by atoms with Crippen LogP contribution in [0.4, 0.5) is 5.69 Å². The molecule has 0 radical (unpaired) electrons.